The Morgan fingerprint density at radius 2 is 2.00 bits per heavy atom. The summed E-state index contributed by atoms with van der Waals surface area (Å²) in [7, 11) is 0. The van der Waals surface area contributed by atoms with Gasteiger partial charge in [-0.3, -0.25) is 5.10 Å². The first-order valence-corrected chi connectivity index (χ1v) is 6.22. The van der Waals surface area contributed by atoms with Crippen LogP contribution in [0.4, 0.5) is 13.2 Å². The highest BCUT2D eigenvalue weighted by Crippen LogP contribution is 2.35. The SMILES string of the molecule is CCSc1n[nH]c(-c2ccccc2C(F)(F)F)n1. The quantitative estimate of drug-likeness (QED) is 0.869. The van der Waals surface area contributed by atoms with Gasteiger partial charge in [0.05, 0.1) is 5.56 Å². The van der Waals surface area contributed by atoms with Crippen molar-refractivity contribution in [1.29, 1.82) is 0 Å². The zero-order valence-electron chi connectivity index (χ0n) is 9.45. The van der Waals surface area contributed by atoms with Gasteiger partial charge in [-0.15, -0.1) is 5.10 Å². The molecule has 18 heavy (non-hydrogen) atoms. The fourth-order valence-electron chi connectivity index (χ4n) is 1.50. The first kappa shape index (κ1) is 12.9. The second kappa shape index (κ2) is 5.01. The van der Waals surface area contributed by atoms with Gasteiger partial charge in [0.1, 0.15) is 0 Å². The molecule has 0 aliphatic carbocycles. The van der Waals surface area contributed by atoms with Crippen molar-refractivity contribution in [3.8, 4) is 11.4 Å². The maximum Gasteiger partial charge on any atom is 0.417 e. The van der Waals surface area contributed by atoms with E-state index in [2.05, 4.69) is 15.2 Å². The molecule has 2 rings (SSSR count). The summed E-state index contributed by atoms with van der Waals surface area (Å²) in [6.45, 7) is 1.92. The second-order valence-corrected chi connectivity index (χ2v) is 4.67. The predicted octanol–water partition coefficient (Wildman–Crippen LogP) is 3.60. The highest BCUT2D eigenvalue weighted by molar-refractivity contribution is 7.99. The van der Waals surface area contributed by atoms with Crippen LogP contribution in [0.3, 0.4) is 0 Å². The first-order valence-electron chi connectivity index (χ1n) is 5.24. The normalized spacial score (nSPS) is 11.8. The van der Waals surface area contributed by atoms with Crippen molar-refractivity contribution in [2.75, 3.05) is 5.75 Å². The fourth-order valence-corrected chi connectivity index (χ4v) is 2.02. The molecule has 1 N–H and O–H groups in total. The number of rotatable bonds is 3. The summed E-state index contributed by atoms with van der Waals surface area (Å²) in [6, 6.07) is 5.30. The second-order valence-electron chi connectivity index (χ2n) is 3.44. The van der Waals surface area contributed by atoms with E-state index in [1.165, 1.54) is 23.9 Å². The van der Waals surface area contributed by atoms with Crippen LogP contribution >= 0.6 is 11.8 Å². The molecule has 1 aromatic heterocycles. The highest BCUT2D eigenvalue weighted by Gasteiger charge is 2.34. The van der Waals surface area contributed by atoms with E-state index in [9.17, 15) is 13.2 Å². The summed E-state index contributed by atoms with van der Waals surface area (Å²) < 4.78 is 38.5. The molecule has 0 bridgehead atoms. The smallest absolute Gasteiger partial charge is 0.258 e. The van der Waals surface area contributed by atoms with Crippen molar-refractivity contribution in [1.82, 2.24) is 15.2 Å². The molecule has 0 spiro atoms. The molecule has 0 saturated carbocycles. The number of nitrogens with one attached hydrogen (secondary N) is 1. The Labute approximate surface area is 106 Å². The minimum atomic E-state index is -4.40. The third-order valence-electron chi connectivity index (χ3n) is 2.23. The molecule has 0 fully saturated rings. The molecule has 0 aliphatic heterocycles. The van der Waals surface area contributed by atoms with Crippen molar-refractivity contribution in [2.45, 2.75) is 18.3 Å². The van der Waals surface area contributed by atoms with Crippen molar-refractivity contribution >= 4 is 11.8 Å². The summed E-state index contributed by atoms with van der Waals surface area (Å²) in [4.78, 5) is 4.04. The van der Waals surface area contributed by atoms with E-state index in [1.807, 2.05) is 6.92 Å². The fraction of sp³-hybridized carbons (Fsp3) is 0.273. The lowest BCUT2D eigenvalue weighted by Crippen LogP contribution is -2.07. The van der Waals surface area contributed by atoms with Crippen LogP contribution in [-0.4, -0.2) is 20.9 Å². The average Bonchev–Trinajstić information content (AvgIpc) is 2.77. The van der Waals surface area contributed by atoms with Crippen LogP contribution in [-0.2, 0) is 6.18 Å². The molecule has 2 aromatic rings. The van der Waals surface area contributed by atoms with Crippen LogP contribution in [0.25, 0.3) is 11.4 Å². The van der Waals surface area contributed by atoms with Crippen LogP contribution in [0, 0.1) is 0 Å². The van der Waals surface area contributed by atoms with E-state index < -0.39 is 11.7 Å². The Morgan fingerprint density at radius 3 is 2.67 bits per heavy atom. The molecule has 3 nitrogen and oxygen atoms in total. The number of alkyl halides is 3. The van der Waals surface area contributed by atoms with Gasteiger partial charge < -0.3 is 0 Å². The lowest BCUT2D eigenvalue weighted by atomic mass is 10.1. The molecule has 0 unspecified atom stereocenters. The lowest BCUT2D eigenvalue weighted by Gasteiger charge is -2.10. The van der Waals surface area contributed by atoms with Gasteiger partial charge in [0.15, 0.2) is 5.82 Å². The van der Waals surface area contributed by atoms with Gasteiger partial charge in [0.2, 0.25) is 5.16 Å². The summed E-state index contributed by atoms with van der Waals surface area (Å²) >= 11 is 1.37. The molecule has 0 radical (unpaired) electrons. The van der Waals surface area contributed by atoms with Crippen molar-refractivity contribution in [3.63, 3.8) is 0 Å². The number of benzene rings is 1. The molecule has 0 saturated heterocycles. The van der Waals surface area contributed by atoms with Crippen LogP contribution in [0.5, 0.6) is 0 Å². The summed E-state index contributed by atoms with van der Waals surface area (Å²) in [6.07, 6.45) is -4.40. The van der Waals surface area contributed by atoms with Crippen LogP contribution < -0.4 is 0 Å². The van der Waals surface area contributed by atoms with E-state index in [0.29, 0.717) is 5.16 Å². The Kier molecular flexibility index (Phi) is 3.60. The van der Waals surface area contributed by atoms with Gasteiger partial charge in [-0.25, -0.2) is 4.98 Å². The number of H-pyrrole nitrogens is 1. The standard InChI is InChI=1S/C11H10F3N3S/c1-2-18-10-15-9(16-17-10)7-5-3-4-6-8(7)11(12,13)14/h3-6H,2H2,1H3,(H,15,16,17). The molecule has 0 aliphatic rings. The number of hydrogen-bond acceptors (Lipinski definition) is 3. The topological polar surface area (TPSA) is 41.6 Å². The largest absolute Gasteiger partial charge is 0.417 e. The Bertz CT molecular complexity index is 536. The minimum absolute atomic E-state index is 0.0143. The van der Waals surface area contributed by atoms with Gasteiger partial charge in [-0.2, -0.15) is 13.2 Å². The predicted molar refractivity (Wildman–Crippen MR) is 63.2 cm³/mol. The van der Waals surface area contributed by atoms with Crippen molar-refractivity contribution < 1.29 is 13.2 Å². The minimum Gasteiger partial charge on any atom is -0.258 e. The molecular formula is C11H10F3N3S. The third-order valence-corrected chi connectivity index (χ3v) is 2.96. The lowest BCUT2D eigenvalue weighted by molar-refractivity contribution is -0.137. The number of thioether (sulfide) groups is 1. The maximum atomic E-state index is 12.8. The Hall–Kier alpha value is -1.50. The zero-order valence-corrected chi connectivity index (χ0v) is 10.3. The van der Waals surface area contributed by atoms with E-state index in [1.54, 1.807) is 6.07 Å². The van der Waals surface area contributed by atoms with Gasteiger partial charge in [0.25, 0.3) is 0 Å². The molecule has 96 valence electrons. The first-order chi connectivity index (χ1) is 8.52. The van der Waals surface area contributed by atoms with Gasteiger partial charge in [0, 0.05) is 5.56 Å². The van der Waals surface area contributed by atoms with E-state index >= 15 is 0 Å². The number of hydrogen-bond donors (Lipinski definition) is 1. The molecular weight excluding hydrogens is 263 g/mol. The Balaban J connectivity index is 2.43. The number of aromatic nitrogens is 3. The molecule has 1 aromatic carbocycles. The van der Waals surface area contributed by atoms with Crippen molar-refractivity contribution in [2.24, 2.45) is 0 Å². The molecule has 0 amide bonds. The van der Waals surface area contributed by atoms with E-state index in [4.69, 9.17) is 0 Å². The number of nitrogens with zero attached hydrogens (tertiary/aromatic N) is 2. The average molecular weight is 273 g/mol. The van der Waals surface area contributed by atoms with Gasteiger partial charge in [-0.05, 0) is 11.8 Å². The summed E-state index contributed by atoms with van der Waals surface area (Å²) in [5, 5.41) is 6.85. The third kappa shape index (κ3) is 2.66. The highest BCUT2D eigenvalue weighted by atomic mass is 32.2. The van der Waals surface area contributed by atoms with E-state index in [0.717, 1.165) is 11.8 Å². The van der Waals surface area contributed by atoms with Crippen LogP contribution in [0.15, 0.2) is 29.4 Å². The molecule has 1 heterocycles. The Morgan fingerprint density at radius 1 is 1.28 bits per heavy atom. The monoisotopic (exact) mass is 273 g/mol. The van der Waals surface area contributed by atoms with Crippen LogP contribution in [0.2, 0.25) is 0 Å². The number of aromatic amines is 1. The number of halogens is 3. The van der Waals surface area contributed by atoms with Gasteiger partial charge >= 0.3 is 6.18 Å². The zero-order chi connectivity index (χ0) is 13.2. The van der Waals surface area contributed by atoms with Crippen molar-refractivity contribution in [3.05, 3.63) is 29.8 Å². The van der Waals surface area contributed by atoms with Crippen LogP contribution in [0.1, 0.15) is 12.5 Å². The van der Waals surface area contributed by atoms with E-state index in [-0.39, 0.29) is 11.4 Å². The van der Waals surface area contributed by atoms with Gasteiger partial charge in [-0.1, -0.05) is 36.9 Å². The maximum absolute atomic E-state index is 12.8. The molecule has 7 heteroatoms. The summed E-state index contributed by atoms with van der Waals surface area (Å²) in [5.41, 5.74) is -0.699. The molecule has 0 atom stereocenters. The summed E-state index contributed by atoms with van der Waals surface area (Å²) in [5.74, 6) is 0.900.